The van der Waals surface area contributed by atoms with Crippen LogP contribution in [-0.4, -0.2) is 44.3 Å². The van der Waals surface area contributed by atoms with Crippen LogP contribution in [0, 0.1) is 12.8 Å². The standard InChI is InChI=1S/C30H33BrF3N3O4S/c1-20(2)17-35-29(39)22(4)36(18-23-7-5-9-25(31)15-23)28(38)19-37(26-10-6-8-24(16-26)30(32,33)34)42(40,41)27-13-11-21(3)12-14-27/h5-16,20,22H,17-19H2,1-4H3,(H,35,39)/t22-/m1/s1. The summed E-state index contributed by atoms with van der Waals surface area (Å²) in [4.78, 5) is 28.0. The molecule has 3 rings (SSSR count). The normalized spacial score (nSPS) is 12.6. The summed E-state index contributed by atoms with van der Waals surface area (Å²) in [5.41, 5.74) is 0.0346. The molecule has 0 heterocycles. The van der Waals surface area contributed by atoms with Crippen molar-refractivity contribution in [1.82, 2.24) is 10.2 Å². The molecule has 0 aliphatic rings. The van der Waals surface area contributed by atoms with Crippen molar-refractivity contribution in [2.24, 2.45) is 5.92 Å². The largest absolute Gasteiger partial charge is 0.416 e. The van der Waals surface area contributed by atoms with Gasteiger partial charge in [0.05, 0.1) is 16.1 Å². The maximum Gasteiger partial charge on any atom is 0.416 e. The molecule has 226 valence electrons. The number of nitrogens with one attached hydrogen (secondary N) is 1. The van der Waals surface area contributed by atoms with E-state index in [1.54, 1.807) is 43.3 Å². The fourth-order valence-electron chi connectivity index (χ4n) is 4.07. The van der Waals surface area contributed by atoms with E-state index in [1.807, 2.05) is 13.8 Å². The van der Waals surface area contributed by atoms with Crippen LogP contribution in [-0.2, 0) is 32.3 Å². The smallest absolute Gasteiger partial charge is 0.354 e. The zero-order valence-electron chi connectivity index (χ0n) is 23.7. The van der Waals surface area contributed by atoms with Crippen molar-refractivity contribution in [3.05, 3.63) is 94.0 Å². The molecule has 12 heteroatoms. The minimum Gasteiger partial charge on any atom is -0.354 e. The molecule has 0 aromatic heterocycles. The Balaban J connectivity index is 2.08. The van der Waals surface area contributed by atoms with E-state index in [-0.39, 0.29) is 23.0 Å². The average molecular weight is 669 g/mol. The van der Waals surface area contributed by atoms with Crippen LogP contribution in [0.5, 0.6) is 0 Å². The lowest BCUT2D eigenvalue weighted by Gasteiger charge is -2.32. The van der Waals surface area contributed by atoms with Gasteiger partial charge in [-0.1, -0.05) is 65.7 Å². The van der Waals surface area contributed by atoms with Crippen molar-refractivity contribution in [3.8, 4) is 0 Å². The summed E-state index contributed by atoms with van der Waals surface area (Å²) >= 11 is 3.38. The highest BCUT2D eigenvalue weighted by Gasteiger charge is 2.35. The number of aryl methyl sites for hydroxylation is 1. The lowest BCUT2D eigenvalue weighted by Crippen LogP contribution is -2.51. The summed E-state index contributed by atoms with van der Waals surface area (Å²) in [7, 11) is -4.50. The zero-order chi connectivity index (χ0) is 31.2. The Labute approximate surface area is 252 Å². The fourth-order valence-corrected chi connectivity index (χ4v) is 5.92. The van der Waals surface area contributed by atoms with Crippen LogP contribution >= 0.6 is 15.9 Å². The number of alkyl halides is 3. The number of carbonyl (C=O) groups is 2. The number of rotatable bonds is 11. The monoisotopic (exact) mass is 667 g/mol. The molecule has 42 heavy (non-hydrogen) atoms. The van der Waals surface area contributed by atoms with Gasteiger partial charge in [0.2, 0.25) is 11.8 Å². The summed E-state index contributed by atoms with van der Waals surface area (Å²) in [5.74, 6) is -1.07. The van der Waals surface area contributed by atoms with E-state index in [0.29, 0.717) is 22.5 Å². The Morgan fingerprint density at radius 3 is 2.19 bits per heavy atom. The molecule has 0 aliphatic carbocycles. The quantitative estimate of drug-likeness (QED) is 0.265. The third kappa shape index (κ3) is 8.57. The molecule has 0 bridgehead atoms. The van der Waals surface area contributed by atoms with Gasteiger partial charge in [-0.3, -0.25) is 13.9 Å². The Morgan fingerprint density at radius 2 is 1.60 bits per heavy atom. The molecule has 7 nitrogen and oxygen atoms in total. The summed E-state index contributed by atoms with van der Waals surface area (Å²) in [6.07, 6.45) is -4.74. The number of sulfonamides is 1. The number of anilines is 1. The highest BCUT2D eigenvalue weighted by Crippen LogP contribution is 2.33. The van der Waals surface area contributed by atoms with Crippen LogP contribution in [0.4, 0.5) is 18.9 Å². The Hall–Kier alpha value is -3.38. The van der Waals surface area contributed by atoms with E-state index in [4.69, 9.17) is 0 Å². The molecule has 0 fully saturated rings. The molecule has 2 amide bonds. The second-order valence-electron chi connectivity index (χ2n) is 10.3. The third-order valence-electron chi connectivity index (χ3n) is 6.44. The maximum absolute atomic E-state index is 13.9. The van der Waals surface area contributed by atoms with Gasteiger partial charge in [-0.05, 0) is 67.8 Å². The highest BCUT2D eigenvalue weighted by molar-refractivity contribution is 9.10. The first-order chi connectivity index (χ1) is 19.6. The number of hydrogen-bond donors (Lipinski definition) is 1. The fraction of sp³-hybridized carbons (Fsp3) is 0.333. The van der Waals surface area contributed by atoms with Crippen molar-refractivity contribution < 1.29 is 31.2 Å². The number of benzene rings is 3. The Bertz CT molecular complexity index is 1510. The van der Waals surface area contributed by atoms with Crippen molar-refractivity contribution in [1.29, 1.82) is 0 Å². The van der Waals surface area contributed by atoms with Gasteiger partial charge < -0.3 is 10.2 Å². The molecule has 0 aliphatic heterocycles. The van der Waals surface area contributed by atoms with E-state index in [1.165, 1.54) is 30.0 Å². The van der Waals surface area contributed by atoms with Gasteiger partial charge in [0, 0.05) is 17.6 Å². The van der Waals surface area contributed by atoms with Crippen molar-refractivity contribution in [3.63, 3.8) is 0 Å². The van der Waals surface area contributed by atoms with Gasteiger partial charge in [-0.25, -0.2) is 8.42 Å². The zero-order valence-corrected chi connectivity index (χ0v) is 26.1. The van der Waals surface area contributed by atoms with Gasteiger partial charge in [-0.2, -0.15) is 13.2 Å². The van der Waals surface area contributed by atoms with Gasteiger partial charge in [0.15, 0.2) is 0 Å². The molecule has 1 N–H and O–H groups in total. The number of amides is 2. The Morgan fingerprint density at radius 1 is 0.952 bits per heavy atom. The van der Waals surface area contributed by atoms with E-state index < -0.39 is 46.2 Å². The summed E-state index contributed by atoms with van der Waals surface area (Å²) in [6, 6.07) is 15.6. The molecular weight excluding hydrogens is 635 g/mol. The van der Waals surface area contributed by atoms with Crippen LogP contribution in [0.25, 0.3) is 0 Å². The van der Waals surface area contributed by atoms with Crippen LogP contribution in [0.1, 0.15) is 37.5 Å². The number of carbonyl (C=O) groups excluding carboxylic acids is 2. The predicted octanol–water partition coefficient (Wildman–Crippen LogP) is 6.16. The first-order valence-corrected chi connectivity index (χ1v) is 15.4. The van der Waals surface area contributed by atoms with Crippen molar-refractivity contribution in [2.75, 3.05) is 17.4 Å². The third-order valence-corrected chi connectivity index (χ3v) is 8.72. The molecule has 0 saturated heterocycles. The minimum absolute atomic E-state index is 0.0461. The summed E-state index contributed by atoms with van der Waals surface area (Å²) in [5, 5.41) is 2.79. The van der Waals surface area contributed by atoms with Crippen molar-refractivity contribution in [2.45, 2.75) is 51.4 Å². The number of hydrogen-bond acceptors (Lipinski definition) is 4. The lowest BCUT2D eigenvalue weighted by molar-refractivity contribution is -0.139. The molecule has 0 radical (unpaired) electrons. The molecule has 0 saturated carbocycles. The number of nitrogens with zero attached hydrogens (tertiary/aromatic N) is 2. The van der Waals surface area contributed by atoms with Crippen LogP contribution in [0.3, 0.4) is 0 Å². The first kappa shape index (κ1) is 33.1. The van der Waals surface area contributed by atoms with Gasteiger partial charge in [0.25, 0.3) is 10.0 Å². The summed E-state index contributed by atoms with van der Waals surface area (Å²) < 4.78 is 69.8. The van der Waals surface area contributed by atoms with E-state index in [9.17, 15) is 31.2 Å². The van der Waals surface area contributed by atoms with Crippen molar-refractivity contribution >= 4 is 43.5 Å². The molecule has 0 spiro atoms. The van der Waals surface area contributed by atoms with E-state index in [2.05, 4.69) is 21.2 Å². The summed E-state index contributed by atoms with van der Waals surface area (Å²) in [6.45, 7) is 6.59. The number of halogens is 4. The minimum atomic E-state index is -4.74. The predicted molar refractivity (Wildman–Crippen MR) is 159 cm³/mol. The molecule has 1 atom stereocenters. The van der Waals surface area contributed by atoms with Gasteiger partial charge >= 0.3 is 6.18 Å². The molecule has 3 aromatic rings. The lowest BCUT2D eigenvalue weighted by atomic mass is 10.1. The average Bonchev–Trinajstić information content (AvgIpc) is 2.92. The van der Waals surface area contributed by atoms with Crippen LogP contribution in [0.15, 0.2) is 82.2 Å². The van der Waals surface area contributed by atoms with E-state index >= 15 is 0 Å². The highest BCUT2D eigenvalue weighted by atomic mass is 79.9. The second-order valence-corrected chi connectivity index (χ2v) is 13.1. The molecule has 3 aromatic carbocycles. The van der Waals surface area contributed by atoms with Crippen LogP contribution in [0.2, 0.25) is 0 Å². The maximum atomic E-state index is 13.9. The first-order valence-electron chi connectivity index (χ1n) is 13.2. The van der Waals surface area contributed by atoms with E-state index in [0.717, 1.165) is 22.2 Å². The molecular formula is C30H33BrF3N3O4S. The van der Waals surface area contributed by atoms with Gasteiger partial charge in [0.1, 0.15) is 12.6 Å². The van der Waals surface area contributed by atoms with Crippen LogP contribution < -0.4 is 9.62 Å². The molecule has 0 unspecified atom stereocenters. The Kier molecular flexibility index (Phi) is 10.8. The second kappa shape index (κ2) is 13.7. The topological polar surface area (TPSA) is 86.8 Å². The SMILES string of the molecule is Cc1ccc(S(=O)(=O)N(CC(=O)N(Cc2cccc(Br)c2)[C@H](C)C(=O)NCC(C)C)c2cccc(C(F)(F)F)c2)cc1. The van der Waals surface area contributed by atoms with Gasteiger partial charge in [-0.15, -0.1) is 0 Å².